The van der Waals surface area contributed by atoms with E-state index < -0.39 is 0 Å². The van der Waals surface area contributed by atoms with Gasteiger partial charge in [-0.25, -0.2) is 4.98 Å². The number of aromatic nitrogens is 3. The zero-order chi connectivity index (χ0) is 15.8. The Morgan fingerprint density at radius 3 is 2.57 bits per heavy atom. The third-order valence-electron chi connectivity index (χ3n) is 4.27. The molecule has 3 aromatic rings. The summed E-state index contributed by atoms with van der Waals surface area (Å²) < 4.78 is 1.22. The topological polar surface area (TPSA) is 45.2 Å². The molecule has 1 saturated heterocycles. The van der Waals surface area contributed by atoms with Gasteiger partial charge in [0.15, 0.2) is 5.82 Å². The number of rotatable bonds is 2. The van der Waals surface area contributed by atoms with E-state index in [4.69, 9.17) is 0 Å². The number of nitrogens with zero attached hydrogens (tertiary/aromatic N) is 5. The molecule has 118 valence electrons. The normalized spacial score (nSPS) is 16.2. The largest absolute Gasteiger partial charge is 0.353 e. The van der Waals surface area contributed by atoms with Crippen molar-refractivity contribution in [3.05, 3.63) is 35.3 Å². The molecule has 0 unspecified atom stereocenters. The highest BCUT2D eigenvalue weighted by Crippen LogP contribution is 2.27. The minimum absolute atomic E-state index is 0.899. The van der Waals surface area contributed by atoms with Crippen LogP contribution >= 0.6 is 11.3 Å². The first-order valence-electron chi connectivity index (χ1n) is 7.84. The van der Waals surface area contributed by atoms with Crippen LogP contribution in [-0.4, -0.2) is 53.3 Å². The van der Waals surface area contributed by atoms with Gasteiger partial charge in [0, 0.05) is 31.7 Å². The van der Waals surface area contributed by atoms with Gasteiger partial charge in [0.25, 0.3) is 0 Å². The van der Waals surface area contributed by atoms with E-state index >= 15 is 0 Å². The SMILES string of the molecule is Cc1nc2cc(-c3ccc(N4CCN(C)CC4)nn3)ccc2s1. The van der Waals surface area contributed by atoms with Gasteiger partial charge >= 0.3 is 0 Å². The van der Waals surface area contributed by atoms with E-state index in [0.717, 1.165) is 53.8 Å². The third kappa shape index (κ3) is 2.92. The molecule has 0 bridgehead atoms. The molecule has 0 amide bonds. The van der Waals surface area contributed by atoms with Crippen LogP contribution in [0, 0.1) is 6.92 Å². The smallest absolute Gasteiger partial charge is 0.151 e. The highest BCUT2D eigenvalue weighted by atomic mass is 32.1. The van der Waals surface area contributed by atoms with Crippen molar-refractivity contribution in [1.29, 1.82) is 0 Å². The molecule has 4 rings (SSSR count). The van der Waals surface area contributed by atoms with Crippen LogP contribution in [-0.2, 0) is 0 Å². The van der Waals surface area contributed by atoms with Gasteiger partial charge in [-0.1, -0.05) is 6.07 Å². The molecule has 23 heavy (non-hydrogen) atoms. The average Bonchev–Trinajstić information content (AvgIpc) is 2.95. The first-order chi connectivity index (χ1) is 11.2. The summed E-state index contributed by atoms with van der Waals surface area (Å²) in [5, 5.41) is 9.95. The maximum Gasteiger partial charge on any atom is 0.151 e. The summed E-state index contributed by atoms with van der Waals surface area (Å²) in [6.45, 7) is 6.20. The predicted octanol–water partition coefficient (Wildman–Crippen LogP) is 2.81. The van der Waals surface area contributed by atoms with Gasteiger partial charge in [-0.3, -0.25) is 0 Å². The van der Waals surface area contributed by atoms with Crippen molar-refractivity contribution in [1.82, 2.24) is 20.1 Å². The Labute approximate surface area is 139 Å². The Hall–Kier alpha value is -2.05. The van der Waals surface area contributed by atoms with Gasteiger partial charge in [-0.2, -0.15) is 0 Å². The van der Waals surface area contributed by atoms with Gasteiger partial charge < -0.3 is 9.80 Å². The number of fused-ring (bicyclic) bond motifs is 1. The molecule has 0 aliphatic carbocycles. The predicted molar refractivity (Wildman–Crippen MR) is 95.1 cm³/mol. The third-order valence-corrected chi connectivity index (χ3v) is 5.22. The monoisotopic (exact) mass is 325 g/mol. The fraction of sp³-hybridized carbons (Fsp3) is 0.353. The number of hydrogen-bond acceptors (Lipinski definition) is 6. The molecule has 1 aromatic carbocycles. The fourth-order valence-corrected chi connectivity index (χ4v) is 3.69. The van der Waals surface area contributed by atoms with E-state index in [1.54, 1.807) is 11.3 Å². The van der Waals surface area contributed by atoms with Crippen LogP contribution in [0.1, 0.15) is 5.01 Å². The molecule has 1 aliphatic rings. The van der Waals surface area contributed by atoms with Crippen LogP contribution in [0.25, 0.3) is 21.5 Å². The molecule has 2 aromatic heterocycles. The number of thiazole rings is 1. The average molecular weight is 325 g/mol. The zero-order valence-electron chi connectivity index (χ0n) is 13.4. The number of piperazine rings is 1. The van der Waals surface area contributed by atoms with Crippen LogP contribution < -0.4 is 4.90 Å². The van der Waals surface area contributed by atoms with E-state index in [1.807, 2.05) is 6.92 Å². The van der Waals surface area contributed by atoms with Crippen molar-refractivity contribution in [2.24, 2.45) is 0 Å². The van der Waals surface area contributed by atoms with Gasteiger partial charge in [0.05, 0.1) is 20.9 Å². The second kappa shape index (κ2) is 5.86. The lowest BCUT2D eigenvalue weighted by Gasteiger charge is -2.32. The summed E-state index contributed by atoms with van der Waals surface area (Å²) in [5.74, 6) is 0.965. The van der Waals surface area contributed by atoms with E-state index in [9.17, 15) is 0 Å². The minimum Gasteiger partial charge on any atom is -0.353 e. The molecule has 0 radical (unpaired) electrons. The molecule has 1 fully saturated rings. The van der Waals surface area contributed by atoms with Crippen molar-refractivity contribution in [2.45, 2.75) is 6.92 Å². The molecule has 0 N–H and O–H groups in total. The van der Waals surface area contributed by atoms with E-state index in [2.05, 4.69) is 62.4 Å². The summed E-state index contributed by atoms with van der Waals surface area (Å²) in [7, 11) is 2.16. The lowest BCUT2D eigenvalue weighted by atomic mass is 10.1. The zero-order valence-corrected chi connectivity index (χ0v) is 14.2. The Bertz CT molecular complexity index is 819. The van der Waals surface area contributed by atoms with Crippen LogP contribution in [0.2, 0.25) is 0 Å². The van der Waals surface area contributed by atoms with Crippen molar-refractivity contribution in [2.75, 3.05) is 38.1 Å². The second-order valence-corrected chi connectivity index (χ2v) is 7.22. The van der Waals surface area contributed by atoms with Crippen molar-refractivity contribution >= 4 is 27.4 Å². The molecule has 0 spiro atoms. The summed E-state index contributed by atoms with van der Waals surface area (Å²) in [6, 6.07) is 10.4. The summed E-state index contributed by atoms with van der Waals surface area (Å²) in [4.78, 5) is 9.19. The molecule has 3 heterocycles. The van der Waals surface area contributed by atoms with E-state index in [1.165, 1.54) is 4.70 Å². The lowest BCUT2D eigenvalue weighted by Crippen LogP contribution is -2.44. The van der Waals surface area contributed by atoms with E-state index in [-0.39, 0.29) is 0 Å². The van der Waals surface area contributed by atoms with Crippen LogP contribution in [0.4, 0.5) is 5.82 Å². The molecular formula is C17H19N5S. The van der Waals surface area contributed by atoms with Gasteiger partial charge in [0.2, 0.25) is 0 Å². The fourth-order valence-electron chi connectivity index (χ4n) is 2.89. The molecular weight excluding hydrogens is 306 g/mol. The first kappa shape index (κ1) is 14.5. The van der Waals surface area contributed by atoms with Gasteiger partial charge in [0.1, 0.15) is 0 Å². The Kier molecular flexibility index (Phi) is 3.71. The molecule has 1 aliphatic heterocycles. The summed E-state index contributed by atoms with van der Waals surface area (Å²) in [6.07, 6.45) is 0. The second-order valence-electron chi connectivity index (χ2n) is 5.98. The summed E-state index contributed by atoms with van der Waals surface area (Å²) >= 11 is 1.72. The van der Waals surface area contributed by atoms with Crippen LogP contribution in [0.3, 0.4) is 0 Å². The standard InChI is InChI=1S/C17H19N5S/c1-12-18-15-11-13(3-5-16(15)23-12)14-4-6-17(20-19-14)22-9-7-21(2)8-10-22/h3-6,11H,7-10H2,1-2H3. The number of hydrogen-bond donors (Lipinski definition) is 0. The minimum atomic E-state index is 0.899. The highest BCUT2D eigenvalue weighted by Gasteiger charge is 2.15. The number of likely N-dealkylation sites (N-methyl/N-ethyl adjacent to an activating group) is 1. The van der Waals surface area contributed by atoms with Gasteiger partial charge in [-0.05, 0) is 38.2 Å². The Morgan fingerprint density at radius 2 is 1.83 bits per heavy atom. The molecule has 0 atom stereocenters. The summed E-state index contributed by atoms with van der Waals surface area (Å²) in [5.41, 5.74) is 3.01. The van der Waals surface area contributed by atoms with Gasteiger partial charge in [-0.15, -0.1) is 21.5 Å². The van der Waals surface area contributed by atoms with Crippen LogP contribution in [0.5, 0.6) is 0 Å². The lowest BCUT2D eigenvalue weighted by molar-refractivity contribution is 0.312. The Morgan fingerprint density at radius 1 is 1.00 bits per heavy atom. The quantitative estimate of drug-likeness (QED) is 0.725. The van der Waals surface area contributed by atoms with Crippen LogP contribution in [0.15, 0.2) is 30.3 Å². The highest BCUT2D eigenvalue weighted by molar-refractivity contribution is 7.18. The maximum absolute atomic E-state index is 4.55. The van der Waals surface area contributed by atoms with E-state index in [0.29, 0.717) is 0 Å². The van der Waals surface area contributed by atoms with Crippen molar-refractivity contribution in [3.8, 4) is 11.3 Å². The molecule has 6 heteroatoms. The maximum atomic E-state index is 4.55. The molecule has 5 nitrogen and oxygen atoms in total. The number of benzene rings is 1. The Balaban J connectivity index is 1.59. The van der Waals surface area contributed by atoms with Crippen molar-refractivity contribution in [3.63, 3.8) is 0 Å². The number of anilines is 1. The number of aryl methyl sites for hydroxylation is 1. The molecule has 0 saturated carbocycles. The van der Waals surface area contributed by atoms with Crippen molar-refractivity contribution < 1.29 is 0 Å². The first-order valence-corrected chi connectivity index (χ1v) is 8.65.